The maximum atomic E-state index is 12.8. The molecule has 0 saturated carbocycles. The van der Waals surface area contributed by atoms with Crippen LogP contribution >= 0.6 is 34.8 Å². The van der Waals surface area contributed by atoms with Crippen molar-refractivity contribution >= 4 is 52.5 Å². The van der Waals surface area contributed by atoms with Gasteiger partial charge in [-0.1, -0.05) is 93.1 Å². The molecule has 180 valence electrons. The summed E-state index contributed by atoms with van der Waals surface area (Å²) in [5, 5.41) is 6.48. The van der Waals surface area contributed by atoms with Crippen LogP contribution in [0.25, 0.3) is 0 Å². The van der Waals surface area contributed by atoms with Crippen LogP contribution in [0.1, 0.15) is 75.1 Å². The zero-order chi connectivity index (χ0) is 24.1. The summed E-state index contributed by atoms with van der Waals surface area (Å²) in [5.74, 6) is -0.376. The van der Waals surface area contributed by atoms with Crippen LogP contribution < -0.4 is 15.4 Å². The van der Waals surface area contributed by atoms with Crippen molar-refractivity contribution in [1.82, 2.24) is 5.32 Å². The first kappa shape index (κ1) is 27.3. The quantitative estimate of drug-likeness (QED) is 0.264. The zero-order valence-electron chi connectivity index (χ0n) is 18.9. The van der Waals surface area contributed by atoms with Gasteiger partial charge in [0.1, 0.15) is 5.75 Å². The third kappa shape index (κ3) is 10.2. The minimum atomic E-state index is -0.611. The van der Waals surface area contributed by atoms with Crippen molar-refractivity contribution in [2.75, 3.05) is 11.9 Å². The van der Waals surface area contributed by atoms with Gasteiger partial charge in [0.15, 0.2) is 0 Å². The number of halogens is 3. The summed E-state index contributed by atoms with van der Waals surface area (Å²) >= 11 is 18.0. The van der Waals surface area contributed by atoms with Gasteiger partial charge in [-0.15, -0.1) is 0 Å². The lowest BCUT2D eigenvalue weighted by Crippen LogP contribution is -2.28. The summed E-state index contributed by atoms with van der Waals surface area (Å²) in [6, 6.07) is 9.22. The largest absolute Gasteiger partial charge is 0.412 e. The van der Waals surface area contributed by atoms with E-state index in [1.54, 1.807) is 18.2 Å². The van der Waals surface area contributed by atoms with Crippen LogP contribution in [-0.4, -0.2) is 18.5 Å². The molecule has 0 atom stereocenters. The lowest BCUT2D eigenvalue weighted by Gasteiger charge is -2.12. The van der Waals surface area contributed by atoms with E-state index in [1.807, 2.05) is 0 Å². The second kappa shape index (κ2) is 15.0. The molecule has 5 nitrogen and oxygen atoms in total. The van der Waals surface area contributed by atoms with Crippen molar-refractivity contribution in [2.45, 2.75) is 64.7 Å². The molecule has 0 bridgehead atoms. The van der Waals surface area contributed by atoms with Crippen molar-refractivity contribution in [1.29, 1.82) is 0 Å². The zero-order valence-corrected chi connectivity index (χ0v) is 21.2. The number of hydrogen-bond acceptors (Lipinski definition) is 3. The van der Waals surface area contributed by atoms with Gasteiger partial charge in [-0.05, 0) is 42.8 Å². The van der Waals surface area contributed by atoms with Crippen LogP contribution in [0.4, 0.5) is 10.5 Å². The number of nitrogens with one attached hydrogen (secondary N) is 2. The number of hydrogen-bond donors (Lipinski definition) is 2. The van der Waals surface area contributed by atoms with Crippen LogP contribution in [0.2, 0.25) is 15.1 Å². The second-order valence-corrected chi connectivity index (χ2v) is 9.12. The summed E-state index contributed by atoms with van der Waals surface area (Å²) in [6.07, 6.45) is 10.2. The molecular formula is C25H31Cl3N2O3. The van der Waals surface area contributed by atoms with E-state index >= 15 is 0 Å². The van der Waals surface area contributed by atoms with Gasteiger partial charge in [-0.3, -0.25) is 4.79 Å². The summed E-state index contributed by atoms with van der Waals surface area (Å²) < 4.78 is 5.37. The number of carbonyl (C=O) groups excluding carboxylic acids is 2. The van der Waals surface area contributed by atoms with Gasteiger partial charge in [-0.25, -0.2) is 4.79 Å². The fourth-order valence-corrected chi connectivity index (χ4v) is 3.77. The highest BCUT2D eigenvalue weighted by Crippen LogP contribution is 2.27. The number of anilines is 1. The first-order valence-electron chi connectivity index (χ1n) is 11.4. The van der Waals surface area contributed by atoms with E-state index < -0.39 is 12.0 Å². The third-order valence-corrected chi connectivity index (χ3v) is 6.09. The predicted octanol–water partition coefficient (Wildman–Crippen LogP) is 8.52. The van der Waals surface area contributed by atoms with Gasteiger partial charge >= 0.3 is 6.09 Å². The van der Waals surface area contributed by atoms with Gasteiger partial charge in [-0.2, -0.15) is 0 Å². The number of amides is 2. The van der Waals surface area contributed by atoms with Crippen molar-refractivity contribution in [3.8, 4) is 5.75 Å². The van der Waals surface area contributed by atoms with Gasteiger partial charge in [0.05, 0.1) is 15.6 Å². The minimum Gasteiger partial charge on any atom is -0.409 e. The Hall–Kier alpha value is -1.95. The lowest BCUT2D eigenvalue weighted by molar-refractivity contribution is 0.102. The van der Waals surface area contributed by atoms with E-state index in [0.717, 1.165) is 12.8 Å². The minimum absolute atomic E-state index is 0.113. The van der Waals surface area contributed by atoms with Crippen LogP contribution in [-0.2, 0) is 0 Å². The Balaban J connectivity index is 1.80. The lowest BCUT2D eigenvalue weighted by atomic mass is 10.1. The smallest absolute Gasteiger partial charge is 0.409 e. The Labute approximate surface area is 211 Å². The first-order valence-corrected chi connectivity index (χ1v) is 12.6. The van der Waals surface area contributed by atoms with E-state index in [1.165, 1.54) is 63.1 Å². The number of benzene rings is 2. The molecule has 0 spiro atoms. The highest BCUT2D eigenvalue weighted by molar-refractivity contribution is 6.42. The average Bonchev–Trinajstić information content (AvgIpc) is 2.78. The van der Waals surface area contributed by atoms with Crippen molar-refractivity contribution < 1.29 is 14.3 Å². The Morgan fingerprint density at radius 1 is 0.818 bits per heavy atom. The summed E-state index contributed by atoms with van der Waals surface area (Å²) in [6.45, 7) is 2.74. The van der Waals surface area contributed by atoms with E-state index in [9.17, 15) is 9.59 Å². The molecule has 0 unspecified atom stereocenters. The average molecular weight is 514 g/mol. The van der Waals surface area contributed by atoms with Crippen molar-refractivity contribution in [3.05, 3.63) is 57.0 Å². The number of carbonyl (C=O) groups is 2. The van der Waals surface area contributed by atoms with E-state index in [2.05, 4.69) is 17.6 Å². The Kier molecular flexibility index (Phi) is 12.4. The van der Waals surface area contributed by atoms with Gasteiger partial charge in [0.2, 0.25) is 0 Å². The fourth-order valence-electron chi connectivity index (χ4n) is 3.30. The van der Waals surface area contributed by atoms with Crippen LogP contribution in [0.3, 0.4) is 0 Å². The number of rotatable bonds is 13. The first-order chi connectivity index (χ1) is 15.9. The summed E-state index contributed by atoms with van der Waals surface area (Å²) in [5.41, 5.74) is 0.585. The summed E-state index contributed by atoms with van der Waals surface area (Å²) in [7, 11) is 0. The second-order valence-electron chi connectivity index (χ2n) is 7.87. The fraction of sp³-hybridized carbons (Fsp3) is 0.440. The molecule has 0 heterocycles. The van der Waals surface area contributed by atoms with Crippen molar-refractivity contribution in [3.63, 3.8) is 0 Å². The topological polar surface area (TPSA) is 67.4 Å². The SMILES string of the molecule is CCCCCCCCCCCNC(=O)Oc1ccc(Cl)cc1C(=O)Nc1ccc(Cl)c(Cl)c1. The molecule has 0 aromatic heterocycles. The molecule has 0 aliphatic heterocycles. The molecule has 0 radical (unpaired) electrons. The molecule has 0 fully saturated rings. The molecule has 0 aliphatic rings. The van der Waals surface area contributed by atoms with Gasteiger partial charge < -0.3 is 15.4 Å². The molecule has 0 saturated heterocycles. The van der Waals surface area contributed by atoms with Crippen molar-refractivity contribution in [2.24, 2.45) is 0 Å². The van der Waals surface area contributed by atoms with Crippen LogP contribution in [0.5, 0.6) is 5.75 Å². The molecule has 2 rings (SSSR count). The highest BCUT2D eigenvalue weighted by atomic mass is 35.5. The Morgan fingerprint density at radius 2 is 1.48 bits per heavy atom. The molecular weight excluding hydrogens is 483 g/mol. The number of ether oxygens (including phenoxy) is 1. The van der Waals surface area contributed by atoms with E-state index in [-0.39, 0.29) is 11.3 Å². The number of unbranched alkanes of at least 4 members (excludes halogenated alkanes) is 8. The molecule has 2 N–H and O–H groups in total. The van der Waals surface area contributed by atoms with E-state index in [4.69, 9.17) is 39.5 Å². The maximum absolute atomic E-state index is 12.8. The Bertz CT molecular complexity index is 922. The maximum Gasteiger partial charge on any atom is 0.412 e. The predicted molar refractivity (Wildman–Crippen MR) is 137 cm³/mol. The molecule has 2 amide bonds. The van der Waals surface area contributed by atoms with Crippen LogP contribution in [0, 0.1) is 0 Å². The van der Waals surface area contributed by atoms with E-state index in [0.29, 0.717) is 27.3 Å². The monoisotopic (exact) mass is 512 g/mol. The standard InChI is InChI=1S/C25H31Cl3N2O3/c1-2-3-4-5-6-7-8-9-10-15-29-25(32)33-23-14-11-18(26)16-20(23)24(31)30-19-12-13-21(27)22(28)17-19/h11-14,16-17H,2-10,15H2,1H3,(H,29,32)(H,30,31). The molecule has 2 aromatic rings. The highest BCUT2D eigenvalue weighted by Gasteiger charge is 2.17. The molecule has 2 aromatic carbocycles. The van der Waals surface area contributed by atoms with Gasteiger partial charge in [0.25, 0.3) is 5.91 Å². The Morgan fingerprint density at radius 3 is 2.15 bits per heavy atom. The third-order valence-electron chi connectivity index (χ3n) is 5.12. The summed E-state index contributed by atoms with van der Waals surface area (Å²) in [4.78, 5) is 25.0. The molecule has 33 heavy (non-hydrogen) atoms. The van der Waals surface area contributed by atoms with Crippen LogP contribution in [0.15, 0.2) is 36.4 Å². The normalized spacial score (nSPS) is 10.7. The van der Waals surface area contributed by atoms with Gasteiger partial charge in [0, 0.05) is 17.3 Å². The molecule has 0 aliphatic carbocycles. The molecule has 8 heteroatoms.